The van der Waals surface area contributed by atoms with Crippen molar-refractivity contribution in [3.8, 4) is 17.2 Å². The maximum atomic E-state index is 12.7. The molecule has 7 nitrogen and oxygen atoms in total. The van der Waals surface area contributed by atoms with Crippen LogP contribution < -0.4 is 14.8 Å². The summed E-state index contributed by atoms with van der Waals surface area (Å²) in [5.41, 5.74) is 4.10. The summed E-state index contributed by atoms with van der Waals surface area (Å²) in [7, 11) is 3.14. The molecular formula is C29H30BrClN3O4. The number of aromatic hydroxyl groups is 1. The van der Waals surface area contributed by atoms with Crippen LogP contribution in [0.1, 0.15) is 42.3 Å². The third-order valence-electron chi connectivity index (χ3n) is 6.50. The predicted octanol–water partition coefficient (Wildman–Crippen LogP) is 6.35. The smallest absolute Gasteiger partial charge is 0.241 e. The lowest BCUT2D eigenvalue weighted by atomic mass is 9.96. The second kappa shape index (κ2) is 12.5. The molecule has 1 N–H and O–H groups in total. The molecule has 0 aliphatic heterocycles. The molecule has 0 aliphatic carbocycles. The summed E-state index contributed by atoms with van der Waals surface area (Å²) in [6.07, 6.45) is 4.11. The van der Waals surface area contributed by atoms with Gasteiger partial charge in [0.05, 0.1) is 37.2 Å². The van der Waals surface area contributed by atoms with Crippen molar-refractivity contribution in [1.29, 1.82) is 0 Å². The number of aromatic nitrogens is 2. The second-order valence-electron chi connectivity index (χ2n) is 9.22. The lowest BCUT2D eigenvalue weighted by Gasteiger charge is -2.16. The zero-order valence-electron chi connectivity index (χ0n) is 21.6. The fourth-order valence-corrected chi connectivity index (χ4v) is 5.18. The largest absolute Gasteiger partial charge is 0.508 e. The SMILES string of the molecule is COc1ccc(CC(C)CCC(=O)[N]Cc2nc3ccccn3c2Cc2cc(Br)ccc2O)c(Cl)c1OC. The van der Waals surface area contributed by atoms with E-state index in [2.05, 4.69) is 28.2 Å². The van der Waals surface area contributed by atoms with E-state index >= 15 is 0 Å². The summed E-state index contributed by atoms with van der Waals surface area (Å²) in [6, 6.07) is 14.9. The van der Waals surface area contributed by atoms with Crippen molar-refractivity contribution in [2.75, 3.05) is 14.2 Å². The molecule has 1 amide bonds. The Labute approximate surface area is 235 Å². The number of ether oxygens (including phenoxy) is 2. The van der Waals surface area contributed by atoms with E-state index < -0.39 is 0 Å². The minimum absolute atomic E-state index is 0.163. The lowest BCUT2D eigenvalue weighted by molar-refractivity contribution is -0.121. The number of phenolic OH excluding ortho intramolecular Hbond substituents is 1. The second-order valence-corrected chi connectivity index (χ2v) is 10.5. The molecule has 0 aliphatic rings. The van der Waals surface area contributed by atoms with Crippen LogP contribution in [0.15, 0.2) is 59.2 Å². The standard InChI is InChI=1S/C29H30BrClN3O4/c1-18(14-19-8-11-25(37-2)29(38-3)28(19)31)7-12-27(36)32-17-22-23(34-13-5-4-6-26(34)33-22)16-20-15-21(30)9-10-24(20)35/h4-6,8-11,13,15,18,35H,7,12,14,16-17H2,1-3H3. The number of fused-ring (bicyclic) bond motifs is 1. The van der Waals surface area contributed by atoms with Crippen LogP contribution in [-0.4, -0.2) is 34.6 Å². The van der Waals surface area contributed by atoms with Gasteiger partial charge in [0.25, 0.3) is 0 Å². The zero-order valence-corrected chi connectivity index (χ0v) is 23.9. The third-order valence-corrected chi connectivity index (χ3v) is 7.41. The summed E-state index contributed by atoms with van der Waals surface area (Å²) >= 11 is 9.99. The van der Waals surface area contributed by atoms with Crippen molar-refractivity contribution in [2.24, 2.45) is 5.92 Å². The molecule has 1 atom stereocenters. The van der Waals surface area contributed by atoms with Crippen molar-refractivity contribution in [2.45, 2.75) is 39.2 Å². The normalized spacial score (nSPS) is 11.9. The van der Waals surface area contributed by atoms with E-state index in [4.69, 9.17) is 26.1 Å². The van der Waals surface area contributed by atoms with Gasteiger partial charge in [0.1, 0.15) is 11.4 Å². The van der Waals surface area contributed by atoms with Gasteiger partial charge in [-0.05, 0) is 60.7 Å². The van der Waals surface area contributed by atoms with E-state index in [1.165, 1.54) is 0 Å². The highest BCUT2D eigenvalue weighted by Gasteiger charge is 2.18. The number of phenols is 1. The number of amides is 1. The van der Waals surface area contributed by atoms with E-state index in [1.54, 1.807) is 26.4 Å². The van der Waals surface area contributed by atoms with Crippen LogP contribution in [0.3, 0.4) is 0 Å². The Morgan fingerprint density at radius 2 is 1.97 bits per heavy atom. The molecule has 2 heterocycles. The average molecular weight is 600 g/mol. The molecule has 9 heteroatoms. The number of rotatable bonds is 11. The van der Waals surface area contributed by atoms with E-state index in [0.717, 1.165) is 26.9 Å². The van der Waals surface area contributed by atoms with E-state index in [-0.39, 0.29) is 24.1 Å². The average Bonchev–Trinajstić information content (AvgIpc) is 3.26. The summed E-state index contributed by atoms with van der Waals surface area (Å²) in [5, 5.41) is 15.2. The molecule has 0 saturated carbocycles. The number of imidazole rings is 1. The van der Waals surface area contributed by atoms with Gasteiger partial charge in [-0.1, -0.05) is 46.6 Å². The van der Waals surface area contributed by atoms with Gasteiger partial charge in [-0.3, -0.25) is 4.79 Å². The maximum absolute atomic E-state index is 12.7. The topological polar surface area (TPSA) is 87.2 Å². The van der Waals surface area contributed by atoms with E-state index in [9.17, 15) is 9.90 Å². The summed E-state index contributed by atoms with van der Waals surface area (Å²) < 4.78 is 13.6. The summed E-state index contributed by atoms with van der Waals surface area (Å²) in [6.45, 7) is 2.27. The van der Waals surface area contributed by atoms with Gasteiger partial charge in [-0.25, -0.2) is 10.3 Å². The van der Waals surface area contributed by atoms with Crippen molar-refractivity contribution >= 4 is 39.1 Å². The van der Waals surface area contributed by atoms with Gasteiger partial charge in [0.2, 0.25) is 5.91 Å². The third kappa shape index (κ3) is 6.42. The number of methoxy groups -OCH3 is 2. The van der Waals surface area contributed by atoms with Crippen LogP contribution >= 0.6 is 27.5 Å². The quantitative estimate of drug-likeness (QED) is 0.217. The number of carbonyl (C=O) groups excluding carboxylic acids is 1. The van der Waals surface area contributed by atoms with Crippen LogP contribution in [0.5, 0.6) is 17.2 Å². The van der Waals surface area contributed by atoms with Crippen molar-refractivity contribution in [3.05, 3.63) is 86.7 Å². The number of pyridine rings is 1. The van der Waals surface area contributed by atoms with E-state index in [0.29, 0.717) is 47.9 Å². The van der Waals surface area contributed by atoms with Gasteiger partial charge in [0, 0.05) is 29.1 Å². The molecule has 0 fully saturated rings. The Morgan fingerprint density at radius 1 is 1.16 bits per heavy atom. The van der Waals surface area contributed by atoms with Gasteiger partial charge in [-0.2, -0.15) is 0 Å². The summed E-state index contributed by atoms with van der Waals surface area (Å²) in [4.78, 5) is 17.4. The molecular weight excluding hydrogens is 570 g/mol. The molecule has 2 aromatic carbocycles. The van der Waals surface area contributed by atoms with E-state index in [1.807, 2.05) is 47.0 Å². The minimum Gasteiger partial charge on any atom is -0.508 e. The molecule has 4 rings (SSSR count). The number of hydrogen-bond donors (Lipinski definition) is 1. The molecule has 2 aromatic heterocycles. The number of benzene rings is 2. The fourth-order valence-electron chi connectivity index (χ4n) is 4.46. The molecule has 199 valence electrons. The van der Waals surface area contributed by atoms with Gasteiger partial charge < -0.3 is 19.0 Å². The number of halogens is 2. The van der Waals surface area contributed by atoms with Gasteiger partial charge >= 0.3 is 0 Å². The molecule has 1 radical (unpaired) electrons. The Hall–Kier alpha value is -3.23. The highest BCUT2D eigenvalue weighted by atomic mass is 79.9. The molecule has 0 spiro atoms. The van der Waals surface area contributed by atoms with Crippen LogP contribution in [0, 0.1) is 5.92 Å². The molecule has 4 aromatic rings. The van der Waals surface area contributed by atoms with Crippen LogP contribution in [-0.2, 0) is 24.2 Å². The molecule has 0 saturated heterocycles. The maximum Gasteiger partial charge on any atom is 0.241 e. The molecule has 0 bridgehead atoms. The predicted molar refractivity (Wildman–Crippen MR) is 151 cm³/mol. The number of nitrogens with zero attached hydrogens (tertiary/aromatic N) is 3. The summed E-state index contributed by atoms with van der Waals surface area (Å²) in [5.74, 6) is 1.37. The van der Waals surface area contributed by atoms with Crippen LogP contribution in [0.25, 0.3) is 5.65 Å². The number of hydrogen-bond acceptors (Lipinski definition) is 5. The number of carbonyl (C=O) groups is 1. The Kier molecular flexibility index (Phi) is 9.17. The van der Waals surface area contributed by atoms with Gasteiger partial charge in [0.15, 0.2) is 11.5 Å². The van der Waals surface area contributed by atoms with Crippen molar-refractivity contribution < 1.29 is 19.4 Å². The first kappa shape index (κ1) is 27.8. The zero-order chi connectivity index (χ0) is 27.2. The first-order valence-corrected chi connectivity index (χ1v) is 13.5. The minimum atomic E-state index is -0.163. The highest BCUT2D eigenvalue weighted by Crippen LogP contribution is 2.38. The Morgan fingerprint density at radius 3 is 2.74 bits per heavy atom. The molecule has 38 heavy (non-hydrogen) atoms. The lowest BCUT2D eigenvalue weighted by Crippen LogP contribution is -2.17. The van der Waals surface area contributed by atoms with Crippen LogP contribution in [0.2, 0.25) is 5.02 Å². The first-order valence-electron chi connectivity index (χ1n) is 12.3. The first-order chi connectivity index (χ1) is 18.3. The van der Waals surface area contributed by atoms with Crippen molar-refractivity contribution in [1.82, 2.24) is 14.7 Å². The fraction of sp³-hybridized carbons (Fsp3) is 0.310. The van der Waals surface area contributed by atoms with Gasteiger partial charge in [-0.15, -0.1) is 0 Å². The Balaban J connectivity index is 1.39. The van der Waals surface area contributed by atoms with Crippen molar-refractivity contribution in [3.63, 3.8) is 0 Å². The molecule has 1 unspecified atom stereocenters. The monoisotopic (exact) mass is 598 g/mol. The Bertz CT molecular complexity index is 1440. The highest BCUT2D eigenvalue weighted by molar-refractivity contribution is 9.10. The van der Waals surface area contributed by atoms with Crippen LogP contribution in [0.4, 0.5) is 0 Å².